The van der Waals surface area contributed by atoms with Crippen molar-refractivity contribution >= 4 is 28.6 Å². The zero-order valence-corrected chi connectivity index (χ0v) is 15.7. The maximum Gasteiger partial charge on any atom is 0.316 e. The molecular weight excluding hydrogens is 348 g/mol. The fraction of sp³-hybridized carbons (Fsp3) is 0.250. The van der Waals surface area contributed by atoms with E-state index < -0.39 is 6.10 Å². The number of carbonyl (C=O) groups excluding carboxylic acids is 1. The van der Waals surface area contributed by atoms with Crippen LogP contribution >= 0.6 is 11.8 Å². The van der Waals surface area contributed by atoms with Gasteiger partial charge in [-0.3, -0.25) is 9.59 Å². The summed E-state index contributed by atoms with van der Waals surface area (Å²) in [6.07, 6.45) is -0.626. The summed E-state index contributed by atoms with van der Waals surface area (Å²) in [5, 5.41) is 0.514. The molecular formula is C20H20N2O3S. The first-order chi connectivity index (χ1) is 12.4. The predicted molar refractivity (Wildman–Crippen MR) is 104 cm³/mol. The number of H-pyrrole nitrogens is 1. The Morgan fingerprint density at radius 3 is 2.81 bits per heavy atom. The number of aromatic nitrogens is 2. The van der Waals surface area contributed by atoms with Crippen molar-refractivity contribution < 1.29 is 9.53 Å². The van der Waals surface area contributed by atoms with Crippen LogP contribution in [0.15, 0.2) is 52.2 Å². The number of nitrogens with zero attached hydrogens (tertiary/aromatic N) is 1. The van der Waals surface area contributed by atoms with Gasteiger partial charge >= 0.3 is 5.97 Å². The number of aromatic amines is 1. The standard InChI is InChI=1S/C20H20N2O3S/c1-12-8-9-13(2)17(10-12)26-11-18(23)25-14(3)19-21-16-7-5-4-6-15(16)20(24)22-19/h4-10,14H,11H2,1-3H3,(H,21,22,24)/t14-/m1/s1. The second-order valence-electron chi connectivity index (χ2n) is 6.16. The number of esters is 1. The van der Waals surface area contributed by atoms with Crippen LogP contribution in [0.25, 0.3) is 10.9 Å². The number of para-hydroxylation sites is 1. The molecule has 0 radical (unpaired) electrons. The summed E-state index contributed by atoms with van der Waals surface area (Å²) in [4.78, 5) is 32.5. The van der Waals surface area contributed by atoms with Crippen molar-refractivity contribution in [1.29, 1.82) is 0 Å². The Bertz CT molecular complexity index is 1010. The van der Waals surface area contributed by atoms with E-state index in [1.165, 1.54) is 11.8 Å². The number of benzene rings is 2. The molecule has 0 aliphatic rings. The molecule has 1 heterocycles. The normalized spacial score (nSPS) is 12.1. The number of hydrogen-bond acceptors (Lipinski definition) is 5. The van der Waals surface area contributed by atoms with Gasteiger partial charge in [0.05, 0.1) is 16.7 Å². The van der Waals surface area contributed by atoms with E-state index in [1.54, 1.807) is 25.1 Å². The predicted octanol–water partition coefficient (Wildman–Crippen LogP) is 3.94. The SMILES string of the molecule is Cc1ccc(C)c(SCC(=O)O[C@H](C)c2nc3ccccc3c(=O)[nH]2)c1. The number of thioether (sulfide) groups is 1. The Morgan fingerprint density at radius 1 is 1.23 bits per heavy atom. The minimum absolute atomic E-state index is 0.201. The van der Waals surface area contributed by atoms with Crippen molar-refractivity contribution in [2.75, 3.05) is 5.75 Å². The van der Waals surface area contributed by atoms with Crippen molar-refractivity contribution in [3.63, 3.8) is 0 Å². The van der Waals surface area contributed by atoms with Crippen LogP contribution in [0.1, 0.15) is 30.0 Å². The molecule has 1 atom stereocenters. The van der Waals surface area contributed by atoms with Crippen molar-refractivity contribution in [2.45, 2.75) is 31.8 Å². The van der Waals surface area contributed by atoms with Gasteiger partial charge in [-0.2, -0.15) is 0 Å². The lowest BCUT2D eigenvalue weighted by atomic mass is 10.2. The Hall–Kier alpha value is -2.60. The summed E-state index contributed by atoms with van der Waals surface area (Å²) in [6.45, 7) is 5.73. The number of nitrogens with one attached hydrogen (secondary N) is 1. The largest absolute Gasteiger partial charge is 0.454 e. The highest BCUT2D eigenvalue weighted by molar-refractivity contribution is 8.00. The second-order valence-corrected chi connectivity index (χ2v) is 7.18. The molecule has 0 saturated heterocycles. The third kappa shape index (κ3) is 4.14. The molecule has 3 rings (SSSR count). The summed E-state index contributed by atoms with van der Waals surface area (Å²) in [7, 11) is 0. The topological polar surface area (TPSA) is 72.0 Å². The quantitative estimate of drug-likeness (QED) is 0.546. The van der Waals surface area contributed by atoms with E-state index in [0.29, 0.717) is 16.7 Å². The lowest BCUT2D eigenvalue weighted by Gasteiger charge is -2.13. The van der Waals surface area contributed by atoms with E-state index in [4.69, 9.17) is 4.74 Å². The molecule has 1 aromatic heterocycles. The van der Waals surface area contributed by atoms with Crippen LogP contribution in [0.5, 0.6) is 0 Å². The molecule has 5 nitrogen and oxygen atoms in total. The van der Waals surface area contributed by atoms with Gasteiger partial charge in [0.1, 0.15) is 0 Å². The highest BCUT2D eigenvalue weighted by Crippen LogP contribution is 2.24. The highest BCUT2D eigenvalue weighted by Gasteiger charge is 2.16. The summed E-state index contributed by atoms with van der Waals surface area (Å²) in [5.74, 6) is 0.199. The summed E-state index contributed by atoms with van der Waals surface area (Å²) in [6, 6.07) is 13.2. The van der Waals surface area contributed by atoms with E-state index in [-0.39, 0.29) is 17.3 Å². The maximum absolute atomic E-state index is 12.2. The Labute approximate surface area is 155 Å². The molecule has 0 amide bonds. The second kappa shape index (κ2) is 7.74. The van der Waals surface area contributed by atoms with Crippen LogP contribution in [0.3, 0.4) is 0 Å². The van der Waals surface area contributed by atoms with Gasteiger partial charge in [0.15, 0.2) is 11.9 Å². The van der Waals surface area contributed by atoms with Crippen LogP contribution in [-0.2, 0) is 9.53 Å². The van der Waals surface area contributed by atoms with Gasteiger partial charge in [-0.1, -0.05) is 29.8 Å². The molecule has 3 aromatic rings. The van der Waals surface area contributed by atoms with Gasteiger partial charge in [-0.15, -0.1) is 11.8 Å². The van der Waals surface area contributed by atoms with Crippen LogP contribution in [0, 0.1) is 13.8 Å². The molecule has 0 bridgehead atoms. The van der Waals surface area contributed by atoms with Crippen molar-refractivity contribution in [2.24, 2.45) is 0 Å². The first-order valence-corrected chi connectivity index (χ1v) is 9.31. The number of hydrogen-bond donors (Lipinski definition) is 1. The van der Waals surface area contributed by atoms with Crippen molar-refractivity contribution in [1.82, 2.24) is 9.97 Å². The molecule has 2 aromatic carbocycles. The molecule has 6 heteroatoms. The zero-order valence-electron chi connectivity index (χ0n) is 14.9. The summed E-state index contributed by atoms with van der Waals surface area (Å²) in [5.41, 5.74) is 2.62. The van der Waals surface area contributed by atoms with Gasteiger partial charge in [0, 0.05) is 4.90 Å². The Balaban J connectivity index is 1.67. The smallest absolute Gasteiger partial charge is 0.316 e. The summed E-state index contributed by atoms with van der Waals surface area (Å²) >= 11 is 1.45. The van der Waals surface area contributed by atoms with E-state index in [2.05, 4.69) is 16.0 Å². The lowest BCUT2D eigenvalue weighted by Crippen LogP contribution is -2.18. The summed E-state index contributed by atoms with van der Waals surface area (Å²) < 4.78 is 5.44. The Kier molecular flexibility index (Phi) is 5.42. The average molecular weight is 368 g/mol. The molecule has 26 heavy (non-hydrogen) atoms. The molecule has 0 aliphatic heterocycles. The third-order valence-electron chi connectivity index (χ3n) is 4.01. The fourth-order valence-electron chi connectivity index (χ4n) is 2.58. The van der Waals surface area contributed by atoms with Crippen LogP contribution in [0.2, 0.25) is 0 Å². The molecule has 0 unspecified atom stereocenters. The minimum Gasteiger partial charge on any atom is -0.454 e. The van der Waals surface area contributed by atoms with Crippen LogP contribution in [-0.4, -0.2) is 21.7 Å². The fourth-order valence-corrected chi connectivity index (χ4v) is 3.49. The van der Waals surface area contributed by atoms with Crippen LogP contribution < -0.4 is 5.56 Å². The molecule has 134 valence electrons. The molecule has 1 N–H and O–H groups in total. The van der Waals surface area contributed by atoms with Gasteiger partial charge in [-0.05, 0) is 44.5 Å². The third-order valence-corrected chi connectivity index (χ3v) is 5.14. The van der Waals surface area contributed by atoms with Gasteiger partial charge < -0.3 is 9.72 Å². The van der Waals surface area contributed by atoms with Gasteiger partial charge in [0.25, 0.3) is 5.56 Å². The molecule has 0 fully saturated rings. The van der Waals surface area contributed by atoms with E-state index in [9.17, 15) is 9.59 Å². The van der Waals surface area contributed by atoms with Crippen molar-refractivity contribution in [3.05, 3.63) is 69.8 Å². The van der Waals surface area contributed by atoms with E-state index in [1.807, 2.05) is 32.0 Å². The number of aryl methyl sites for hydroxylation is 2. The van der Waals surface area contributed by atoms with E-state index >= 15 is 0 Å². The monoisotopic (exact) mass is 368 g/mol. The Morgan fingerprint density at radius 2 is 2.00 bits per heavy atom. The van der Waals surface area contributed by atoms with Crippen LogP contribution in [0.4, 0.5) is 0 Å². The highest BCUT2D eigenvalue weighted by atomic mass is 32.2. The van der Waals surface area contributed by atoms with E-state index in [0.717, 1.165) is 16.0 Å². The minimum atomic E-state index is -0.626. The zero-order chi connectivity index (χ0) is 18.7. The van der Waals surface area contributed by atoms with Gasteiger partial charge in [-0.25, -0.2) is 4.98 Å². The number of fused-ring (bicyclic) bond motifs is 1. The molecule has 0 saturated carbocycles. The number of carbonyl (C=O) groups is 1. The number of rotatable bonds is 5. The lowest BCUT2D eigenvalue weighted by molar-refractivity contribution is -0.145. The first kappa shape index (κ1) is 18.2. The molecule has 0 aliphatic carbocycles. The van der Waals surface area contributed by atoms with Crippen molar-refractivity contribution in [3.8, 4) is 0 Å². The van der Waals surface area contributed by atoms with Gasteiger partial charge in [0.2, 0.25) is 0 Å². The maximum atomic E-state index is 12.2. The average Bonchev–Trinajstić information content (AvgIpc) is 2.62. The number of ether oxygens (including phenoxy) is 1. The first-order valence-electron chi connectivity index (χ1n) is 8.32. The molecule has 0 spiro atoms.